The van der Waals surface area contributed by atoms with Crippen molar-refractivity contribution in [2.75, 3.05) is 7.05 Å². The molecular weight excluding hydrogens is 298 g/mol. The number of carboxylic acid groups (broad SMARTS) is 1. The Morgan fingerprint density at radius 1 is 1.40 bits per heavy atom. The summed E-state index contributed by atoms with van der Waals surface area (Å²) in [5, 5.41) is 9.08. The van der Waals surface area contributed by atoms with E-state index in [0.717, 1.165) is 17.7 Å². The number of halogens is 1. The zero-order valence-electron chi connectivity index (χ0n) is 11.3. The fraction of sp³-hybridized carbons (Fsp3) is 0.571. The van der Waals surface area contributed by atoms with Crippen LogP contribution in [0.3, 0.4) is 0 Å². The average molecular weight is 316 g/mol. The first-order valence-electron chi connectivity index (χ1n) is 6.69. The lowest BCUT2D eigenvalue weighted by Gasteiger charge is -2.29. The highest BCUT2D eigenvalue weighted by Crippen LogP contribution is 2.31. The van der Waals surface area contributed by atoms with E-state index in [1.165, 1.54) is 11.3 Å². The maximum absolute atomic E-state index is 12.4. The van der Waals surface area contributed by atoms with E-state index in [1.807, 2.05) is 12.1 Å². The van der Waals surface area contributed by atoms with E-state index in [2.05, 4.69) is 0 Å². The molecule has 0 aliphatic heterocycles. The van der Waals surface area contributed by atoms with Crippen LogP contribution in [0.1, 0.15) is 30.6 Å². The number of aliphatic carboxylic acids is 1. The Hall–Kier alpha value is -1.07. The van der Waals surface area contributed by atoms with E-state index in [4.69, 9.17) is 16.7 Å². The molecule has 2 rings (SSSR count). The van der Waals surface area contributed by atoms with Gasteiger partial charge >= 0.3 is 5.97 Å². The maximum Gasteiger partial charge on any atom is 0.306 e. The highest BCUT2D eigenvalue weighted by molar-refractivity contribution is 7.16. The van der Waals surface area contributed by atoms with Gasteiger partial charge in [-0.05, 0) is 31.4 Å². The SMILES string of the molecule is CN(Cc1ccc(Cl)s1)C(=O)C1CCCC(C(=O)O)C1. The highest BCUT2D eigenvalue weighted by atomic mass is 35.5. The molecule has 0 bridgehead atoms. The second-order valence-electron chi connectivity index (χ2n) is 5.30. The van der Waals surface area contributed by atoms with Crippen LogP contribution in [0.4, 0.5) is 0 Å². The smallest absolute Gasteiger partial charge is 0.306 e. The maximum atomic E-state index is 12.4. The van der Waals surface area contributed by atoms with Crippen LogP contribution in [0.5, 0.6) is 0 Å². The number of carbonyl (C=O) groups is 2. The Labute approximate surface area is 127 Å². The molecule has 4 nitrogen and oxygen atoms in total. The van der Waals surface area contributed by atoms with Gasteiger partial charge in [0, 0.05) is 17.8 Å². The van der Waals surface area contributed by atoms with E-state index in [1.54, 1.807) is 11.9 Å². The molecule has 1 saturated carbocycles. The third-order valence-corrected chi connectivity index (χ3v) is 4.99. The van der Waals surface area contributed by atoms with Crippen LogP contribution in [0, 0.1) is 11.8 Å². The third kappa shape index (κ3) is 3.73. The normalized spacial score (nSPS) is 22.5. The first kappa shape index (κ1) is 15.3. The molecule has 6 heteroatoms. The zero-order chi connectivity index (χ0) is 14.7. The minimum atomic E-state index is -0.782. The molecule has 1 aromatic heterocycles. The number of rotatable bonds is 4. The first-order valence-corrected chi connectivity index (χ1v) is 7.89. The van der Waals surface area contributed by atoms with Gasteiger partial charge in [-0.2, -0.15) is 0 Å². The average Bonchev–Trinajstić information content (AvgIpc) is 2.83. The molecule has 0 spiro atoms. The highest BCUT2D eigenvalue weighted by Gasteiger charge is 2.32. The predicted octanol–water partition coefficient (Wildman–Crippen LogP) is 3.25. The van der Waals surface area contributed by atoms with Crippen molar-refractivity contribution in [2.45, 2.75) is 32.2 Å². The van der Waals surface area contributed by atoms with Crippen LogP contribution in [-0.4, -0.2) is 28.9 Å². The molecule has 1 heterocycles. The van der Waals surface area contributed by atoms with Gasteiger partial charge < -0.3 is 10.0 Å². The minimum Gasteiger partial charge on any atom is -0.481 e. The Morgan fingerprint density at radius 3 is 2.70 bits per heavy atom. The molecule has 1 aliphatic carbocycles. The Kier molecular flexibility index (Phi) is 5.05. The number of hydrogen-bond donors (Lipinski definition) is 1. The topological polar surface area (TPSA) is 57.6 Å². The summed E-state index contributed by atoms with van der Waals surface area (Å²) >= 11 is 7.34. The number of thiophene rings is 1. The third-order valence-electron chi connectivity index (χ3n) is 3.77. The summed E-state index contributed by atoms with van der Waals surface area (Å²) in [5.41, 5.74) is 0. The Bertz CT molecular complexity index is 502. The molecule has 0 radical (unpaired) electrons. The van der Waals surface area contributed by atoms with E-state index in [0.29, 0.717) is 23.7 Å². The van der Waals surface area contributed by atoms with E-state index >= 15 is 0 Å². The van der Waals surface area contributed by atoms with Crippen molar-refractivity contribution in [3.05, 3.63) is 21.3 Å². The summed E-state index contributed by atoms with van der Waals surface area (Å²) in [7, 11) is 1.76. The lowest BCUT2D eigenvalue weighted by molar-refractivity contribution is -0.145. The van der Waals surface area contributed by atoms with Gasteiger partial charge in [-0.1, -0.05) is 18.0 Å². The van der Waals surface area contributed by atoms with Crippen LogP contribution < -0.4 is 0 Å². The molecular formula is C14H18ClNO3S. The fourth-order valence-corrected chi connectivity index (χ4v) is 3.84. The number of carbonyl (C=O) groups excluding carboxylic acids is 1. The summed E-state index contributed by atoms with van der Waals surface area (Å²) in [5.74, 6) is -1.27. The molecule has 0 saturated heterocycles. The van der Waals surface area contributed by atoms with Gasteiger partial charge in [0.25, 0.3) is 0 Å². The molecule has 110 valence electrons. The van der Waals surface area contributed by atoms with Crippen molar-refractivity contribution in [1.82, 2.24) is 4.90 Å². The second kappa shape index (κ2) is 6.59. The van der Waals surface area contributed by atoms with Crippen molar-refractivity contribution >= 4 is 34.8 Å². The van der Waals surface area contributed by atoms with Gasteiger partial charge in [0.05, 0.1) is 16.8 Å². The van der Waals surface area contributed by atoms with E-state index in [9.17, 15) is 9.59 Å². The van der Waals surface area contributed by atoms with E-state index < -0.39 is 5.97 Å². The number of amides is 1. The standard InChI is InChI=1S/C14H18ClNO3S/c1-16(8-11-5-6-12(15)20-11)13(17)9-3-2-4-10(7-9)14(18)19/h5-6,9-10H,2-4,7-8H2,1H3,(H,18,19). The zero-order valence-corrected chi connectivity index (χ0v) is 12.9. The molecule has 0 aromatic carbocycles. The number of carboxylic acids is 1. The second-order valence-corrected chi connectivity index (χ2v) is 7.10. The van der Waals surface area contributed by atoms with Crippen LogP contribution in [0.2, 0.25) is 4.34 Å². The van der Waals surface area contributed by atoms with Gasteiger partial charge in [0.2, 0.25) is 5.91 Å². The predicted molar refractivity (Wildman–Crippen MR) is 78.9 cm³/mol. The largest absolute Gasteiger partial charge is 0.481 e. The molecule has 1 aliphatic rings. The monoisotopic (exact) mass is 315 g/mol. The summed E-state index contributed by atoms with van der Waals surface area (Å²) in [4.78, 5) is 26.1. The summed E-state index contributed by atoms with van der Waals surface area (Å²) in [6.07, 6.45) is 2.75. The van der Waals surface area contributed by atoms with Crippen LogP contribution in [0.15, 0.2) is 12.1 Å². The number of nitrogens with zero attached hydrogens (tertiary/aromatic N) is 1. The van der Waals surface area contributed by atoms with Crippen molar-refractivity contribution in [1.29, 1.82) is 0 Å². The number of hydrogen-bond acceptors (Lipinski definition) is 3. The molecule has 20 heavy (non-hydrogen) atoms. The lowest BCUT2D eigenvalue weighted by atomic mass is 9.81. The van der Waals surface area contributed by atoms with Gasteiger partial charge in [-0.25, -0.2) is 0 Å². The Morgan fingerprint density at radius 2 is 2.10 bits per heavy atom. The van der Waals surface area contributed by atoms with Gasteiger partial charge in [0.15, 0.2) is 0 Å². The van der Waals surface area contributed by atoms with Crippen LogP contribution in [-0.2, 0) is 16.1 Å². The van der Waals surface area contributed by atoms with Crippen molar-refractivity contribution in [2.24, 2.45) is 11.8 Å². The van der Waals surface area contributed by atoms with Crippen LogP contribution in [0.25, 0.3) is 0 Å². The van der Waals surface area contributed by atoms with Gasteiger partial charge in [-0.3, -0.25) is 9.59 Å². The fourth-order valence-electron chi connectivity index (χ4n) is 2.70. The quantitative estimate of drug-likeness (QED) is 0.928. The molecule has 2 unspecified atom stereocenters. The summed E-state index contributed by atoms with van der Waals surface area (Å²) in [6, 6.07) is 3.73. The Balaban J connectivity index is 1.94. The van der Waals surface area contributed by atoms with Crippen LogP contribution >= 0.6 is 22.9 Å². The van der Waals surface area contributed by atoms with Crippen molar-refractivity contribution < 1.29 is 14.7 Å². The lowest BCUT2D eigenvalue weighted by Crippen LogP contribution is -2.36. The molecule has 2 atom stereocenters. The molecule has 1 fully saturated rings. The van der Waals surface area contributed by atoms with Crippen molar-refractivity contribution in [3.63, 3.8) is 0 Å². The van der Waals surface area contributed by atoms with Gasteiger partial charge in [-0.15, -0.1) is 11.3 Å². The van der Waals surface area contributed by atoms with E-state index in [-0.39, 0.29) is 17.7 Å². The first-order chi connectivity index (χ1) is 9.47. The minimum absolute atomic E-state index is 0.0421. The molecule has 1 amide bonds. The summed E-state index contributed by atoms with van der Waals surface area (Å²) in [6.45, 7) is 0.532. The van der Waals surface area contributed by atoms with Gasteiger partial charge in [0.1, 0.15) is 0 Å². The molecule has 1 N–H and O–H groups in total. The molecule has 1 aromatic rings. The summed E-state index contributed by atoms with van der Waals surface area (Å²) < 4.78 is 0.712. The van der Waals surface area contributed by atoms with Crippen molar-refractivity contribution in [3.8, 4) is 0 Å².